The number of methoxy groups -OCH3 is 1. The molecule has 0 bridgehead atoms. The molecule has 0 fully saturated rings. The molecule has 0 heterocycles. The van der Waals surface area contributed by atoms with E-state index in [9.17, 15) is 5.11 Å². The van der Waals surface area contributed by atoms with E-state index < -0.39 is 12.1 Å². The Morgan fingerprint density at radius 3 is 2.40 bits per heavy atom. The smallest absolute Gasteiger partial charge is 0.124 e. The van der Waals surface area contributed by atoms with Gasteiger partial charge < -0.3 is 15.6 Å². The van der Waals surface area contributed by atoms with Crippen molar-refractivity contribution in [2.24, 2.45) is 5.73 Å². The zero-order valence-electron chi connectivity index (χ0n) is 9.74. The molecule has 2 unspecified atom stereocenters. The first-order valence-electron chi connectivity index (χ1n) is 5.06. The van der Waals surface area contributed by atoms with Gasteiger partial charge in [-0.25, -0.2) is 0 Å². The number of hydrogen-bond acceptors (Lipinski definition) is 3. The van der Waals surface area contributed by atoms with E-state index in [1.165, 1.54) is 0 Å². The number of benzene rings is 1. The number of ether oxygens (including phenoxy) is 1. The molecule has 3 heteroatoms. The van der Waals surface area contributed by atoms with Gasteiger partial charge in [-0.05, 0) is 38.0 Å². The van der Waals surface area contributed by atoms with E-state index >= 15 is 0 Å². The van der Waals surface area contributed by atoms with Crippen LogP contribution in [0.1, 0.15) is 29.7 Å². The molecule has 3 N–H and O–H groups in total. The fraction of sp³-hybridized carbons (Fsp3) is 0.500. The van der Waals surface area contributed by atoms with Crippen LogP contribution >= 0.6 is 0 Å². The lowest BCUT2D eigenvalue weighted by atomic mass is 9.95. The van der Waals surface area contributed by atoms with Crippen LogP contribution in [0.25, 0.3) is 0 Å². The van der Waals surface area contributed by atoms with E-state index in [1.807, 2.05) is 26.0 Å². The number of rotatable bonds is 3. The second-order valence-electron chi connectivity index (χ2n) is 3.96. The van der Waals surface area contributed by atoms with Crippen LogP contribution in [-0.2, 0) is 0 Å². The number of nitrogens with two attached hydrogens (primary N) is 1. The van der Waals surface area contributed by atoms with Gasteiger partial charge in [0.15, 0.2) is 0 Å². The SMILES string of the molecule is COc1cc(C)cc(C)c1C(N)C(C)O. The Labute approximate surface area is 90.9 Å². The van der Waals surface area contributed by atoms with Crippen LogP contribution in [-0.4, -0.2) is 18.3 Å². The normalized spacial score (nSPS) is 14.8. The van der Waals surface area contributed by atoms with Crippen LogP contribution in [0.4, 0.5) is 0 Å². The van der Waals surface area contributed by atoms with Crippen molar-refractivity contribution in [2.75, 3.05) is 7.11 Å². The third-order valence-electron chi connectivity index (χ3n) is 2.57. The van der Waals surface area contributed by atoms with Crippen molar-refractivity contribution >= 4 is 0 Å². The summed E-state index contributed by atoms with van der Waals surface area (Å²) < 4.78 is 5.29. The summed E-state index contributed by atoms with van der Waals surface area (Å²) in [5.74, 6) is 0.751. The van der Waals surface area contributed by atoms with Gasteiger partial charge in [-0.1, -0.05) is 6.07 Å². The first kappa shape index (κ1) is 12.0. The summed E-state index contributed by atoms with van der Waals surface area (Å²) in [5.41, 5.74) is 9.01. The fourth-order valence-corrected chi connectivity index (χ4v) is 1.78. The standard InChI is InChI=1S/C12H19NO2/c1-7-5-8(2)11(10(6-7)15-4)12(13)9(3)14/h5-6,9,12,14H,13H2,1-4H3. The molecule has 3 nitrogen and oxygen atoms in total. The predicted molar refractivity (Wildman–Crippen MR) is 61.1 cm³/mol. The Bertz CT molecular complexity index is 348. The third-order valence-corrected chi connectivity index (χ3v) is 2.57. The van der Waals surface area contributed by atoms with Crippen molar-refractivity contribution in [2.45, 2.75) is 32.9 Å². The van der Waals surface area contributed by atoms with Gasteiger partial charge in [-0.3, -0.25) is 0 Å². The molecule has 0 spiro atoms. The van der Waals surface area contributed by atoms with Crippen molar-refractivity contribution in [1.82, 2.24) is 0 Å². The van der Waals surface area contributed by atoms with Gasteiger partial charge in [-0.15, -0.1) is 0 Å². The van der Waals surface area contributed by atoms with Gasteiger partial charge in [0.25, 0.3) is 0 Å². The van der Waals surface area contributed by atoms with E-state index in [0.717, 1.165) is 22.4 Å². The highest BCUT2D eigenvalue weighted by Crippen LogP contribution is 2.30. The summed E-state index contributed by atoms with van der Waals surface area (Å²) in [4.78, 5) is 0. The topological polar surface area (TPSA) is 55.5 Å². The quantitative estimate of drug-likeness (QED) is 0.796. The van der Waals surface area contributed by atoms with Gasteiger partial charge in [0.2, 0.25) is 0 Å². The Balaban J connectivity index is 3.26. The second kappa shape index (κ2) is 4.64. The molecule has 15 heavy (non-hydrogen) atoms. The third kappa shape index (κ3) is 2.49. The molecule has 0 saturated heterocycles. The zero-order valence-corrected chi connectivity index (χ0v) is 9.74. The molecular weight excluding hydrogens is 190 g/mol. The van der Waals surface area contributed by atoms with Crippen LogP contribution < -0.4 is 10.5 Å². The predicted octanol–water partition coefficient (Wildman–Crippen LogP) is 1.69. The summed E-state index contributed by atoms with van der Waals surface area (Å²) in [7, 11) is 1.62. The highest BCUT2D eigenvalue weighted by atomic mass is 16.5. The van der Waals surface area contributed by atoms with Crippen LogP contribution in [0.2, 0.25) is 0 Å². The lowest BCUT2D eigenvalue weighted by Crippen LogP contribution is -2.24. The molecule has 84 valence electrons. The molecule has 1 rings (SSSR count). The van der Waals surface area contributed by atoms with Gasteiger partial charge >= 0.3 is 0 Å². The maximum absolute atomic E-state index is 9.51. The number of aryl methyl sites for hydroxylation is 2. The van der Waals surface area contributed by atoms with E-state index in [-0.39, 0.29) is 0 Å². The van der Waals surface area contributed by atoms with Gasteiger partial charge in [-0.2, -0.15) is 0 Å². The zero-order chi connectivity index (χ0) is 11.6. The van der Waals surface area contributed by atoms with Gasteiger partial charge in [0.05, 0.1) is 19.3 Å². The summed E-state index contributed by atoms with van der Waals surface area (Å²) in [6.07, 6.45) is -0.583. The summed E-state index contributed by atoms with van der Waals surface area (Å²) in [6, 6.07) is 3.57. The molecule has 0 radical (unpaired) electrons. The van der Waals surface area contributed by atoms with Crippen LogP contribution in [0.3, 0.4) is 0 Å². The summed E-state index contributed by atoms with van der Waals surface area (Å²) >= 11 is 0. The van der Waals surface area contributed by atoms with Crippen LogP contribution in [0.5, 0.6) is 5.75 Å². The minimum atomic E-state index is -0.583. The maximum Gasteiger partial charge on any atom is 0.124 e. The van der Waals surface area contributed by atoms with Crippen molar-refractivity contribution in [1.29, 1.82) is 0 Å². The molecule has 1 aromatic carbocycles. The van der Waals surface area contributed by atoms with Crippen LogP contribution in [0, 0.1) is 13.8 Å². The largest absolute Gasteiger partial charge is 0.496 e. The second-order valence-corrected chi connectivity index (χ2v) is 3.96. The van der Waals surface area contributed by atoms with E-state index in [4.69, 9.17) is 10.5 Å². The van der Waals surface area contributed by atoms with Gasteiger partial charge in [0.1, 0.15) is 5.75 Å². The molecule has 1 aromatic rings. The molecule has 0 amide bonds. The van der Waals surface area contributed by atoms with E-state index in [1.54, 1.807) is 14.0 Å². The van der Waals surface area contributed by atoms with Crippen LogP contribution in [0.15, 0.2) is 12.1 Å². The number of aliphatic hydroxyl groups excluding tert-OH is 1. The van der Waals surface area contributed by atoms with E-state index in [0.29, 0.717) is 0 Å². The van der Waals surface area contributed by atoms with Gasteiger partial charge in [0, 0.05) is 5.56 Å². The molecule has 2 atom stereocenters. The minimum Gasteiger partial charge on any atom is -0.496 e. The Morgan fingerprint density at radius 1 is 1.33 bits per heavy atom. The first-order chi connectivity index (χ1) is 6.97. The summed E-state index contributed by atoms with van der Waals surface area (Å²) in [6.45, 7) is 5.67. The molecule has 0 aromatic heterocycles. The fourth-order valence-electron chi connectivity index (χ4n) is 1.78. The van der Waals surface area contributed by atoms with Crippen molar-refractivity contribution in [3.8, 4) is 5.75 Å². The minimum absolute atomic E-state index is 0.402. The summed E-state index contributed by atoms with van der Waals surface area (Å²) in [5, 5.41) is 9.51. The average Bonchev–Trinajstić information content (AvgIpc) is 2.15. The lowest BCUT2D eigenvalue weighted by Gasteiger charge is -2.21. The maximum atomic E-state index is 9.51. The highest BCUT2D eigenvalue weighted by Gasteiger charge is 2.19. The highest BCUT2D eigenvalue weighted by molar-refractivity contribution is 5.45. The number of hydrogen-bond donors (Lipinski definition) is 2. The van der Waals surface area contributed by atoms with Crippen molar-refractivity contribution < 1.29 is 9.84 Å². The molecular formula is C12H19NO2. The Morgan fingerprint density at radius 2 is 1.93 bits per heavy atom. The first-order valence-corrected chi connectivity index (χ1v) is 5.06. The van der Waals surface area contributed by atoms with Crippen molar-refractivity contribution in [3.05, 3.63) is 28.8 Å². The molecule has 0 saturated carbocycles. The average molecular weight is 209 g/mol. The Kier molecular flexibility index (Phi) is 3.72. The lowest BCUT2D eigenvalue weighted by molar-refractivity contribution is 0.162. The van der Waals surface area contributed by atoms with Crippen molar-refractivity contribution in [3.63, 3.8) is 0 Å². The molecule has 0 aliphatic carbocycles. The molecule has 0 aliphatic rings. The van der Waals surface area contributed by atoms with E-state index in [2.05, 4.69) is 0 Å². The number of aliphatic hydroxyl groups is 1. The Hall–Kier alpha value is -1.06. The molecule has 0 aliphatic heterocycles. The monoisotopic (exact) mass is 209 g/mol.